The molecule has 0 atom stereocenters. The van der Waals surface area contributed by atoms with Gasteiger partial charge in [0.05, 0.1) is 6.61 Å². The van der Waals surface area contributed by atoms with Gasteiger partial charge in [-0.3, -0.25) is 0 Å². The Hall–Kier alpha value is -0.190. The van der Waals surface area contributed by atoms with E-state index in [9.17, 15) is 0 Å². The summed E-state index contributed by atoms with van der Waals surface area (Å²) in [4.78, 5) is 0. The van der Waals surface area contributed by atoms with Crippen LogP contribution in [0.15, 0.2) is 28.7 Å². The molecule has 15 heavy (non-hydrogen) atoms. The molecule has 0 radical (unpaired) electrons. The molecular formula is C11H16BrNOS. The van der Waals surface area contributed by atoms with E-state index in [1.54, 1.807) is 7.11 Å². The van der Waals surface area contributed by atoms with Gasteiger partial charge in [-0.05, 0) is 24.3 Å². The molecule has 1 N–H and O–H groups in total. The number of hydrogen-bond donors (Lipinski definition) is 1. The second-order valence-corrected chi connectivity index (χ2v) is 5.18. The first-order valence-corrected chi connectivity index (χ1v) is 6.84. The smallest absolute Gasteiger partial charge is 0.0552 e. The van der Waals surface area contributed by atoms with Gasteiger partial charge in [-0.2, -0.15) is 11.8 Å². The molecule has 4 heteroatoms. The average molecular weight is 290 g/mol. The number of nitrogens with one attached hydrogen (secondary N) is 1. The van der Waals surface area contributed by atoms with Gasteiger partial charge in [-0.1, -0.05) is 15.9 Å². The molecule has 0 saturated heterocycles. The SMILES string of the molecule is COCCSCCNc1ccc(Br)cc1. The minimum Gasteiger partial charge on any atom is -0.384 e. The number of benzene rings is 1. The van der Waals surface area contributed by atoms with Crippen LogP contribution in [0.25, 0.3) is 0 Å². The van der Waals surface area contributed by atoms with Crippen LogP contribution >= 0.6 is 27.7 Å². The monoisotopic (exact) mass is 289 g/mol. The molecule has 1 rings (SSSR count). The first kappa shape index (κ1) is 12.9. The quantitative estimate of drug-likeness (QED) is 0.779. The molecular weight excluding hydrogens is 274 g/mol. The highest BCUT2D eigenvalue weighted by atomic mass is 79.9. The maximum absolute atomic E-state index is 4.97. The maximum atomic E-state index is 4.97. The van der Waals surface area contributed by atoms with Crippen LogP contribution < -0.4 is 5.32 Å². The molecule has 0 spiro atoms. The van der Waals surface area contributed by atoms with Crippen molar-refractivity contribution >= 4 is 33.4 Å². The van der Waals surface area contributed by atoms with E-state index >= 15 is 0 Å². The zero-order chi connectivity index (χ0) is 10.9. The predicted octanol–water partition coefficient (Wildman–Crippen LogP) is 3.24. The van der Waals surface area contributed by atoms with E-state index in [-0.39, 0.29) is 0 Å². The summed E-state index contributed by atoms with van der Waals surface area (Å²) in [5.41, 5.74) is 1.17. The van der Waals surface area contributed by atoms with Gasteiger partial charge in [0.1, 0.15) is 0 Å². The molecule has 0 amide bonds. The molecule has 1 aromatic carbocycles. The number of rotatable bonds is 7. The highest BCUT2D eigenvalue weighted by Crippen LogP contribution is 2.14. The van der Waals surface area contributed by atoms with Gasteiger partial charge >= 0.3 is 0 Å². The molecule has 0 heterocycles. The van der Waals surface area contributed by atoms with Crippen LogP contribution in [-0.4, -0.2) is 31.8 Å². The summed E-state index contributed by atoms with van der Waals surface area (Å²) in [6, 6.07) is 8.23. The third kappa shape index (κ3) is 6.07. The average Bonchev–Trinajstić information content (AvgIpc) is 2.26. The Labute approximate surface area is 104 Å². The van der Waals surface area contributed by atoms with Crippen LogP contribution in [0.4, 0.5) is 5.69 Å². The summed E-state index contributed by atoms with van der Waals surface area (Å²) in [5, 5.41) is 3.37. The number of thioether (sulfide) groups is 1. The Kier molecular flexibility index (Phi) is 6.88. The van der Waals surface area contributed by atoms with Crippen molar-refractivity contribution < 1.29 is 4.74 Å². The fourth-order valence-electron chi connectivity index (χ4n) is 1.08. The summed E-state index contributed by atoms with van der Waals surface area (Å²) < 4.78 is 6.09. The largest absolute Gasteiger partial charge is 0.384 e. The Bertz CT molecular complexity index is 266. The van der Waals surface area contributed by atoms with Gasteiger partial charge in [0.25, 0.3) is 0 Å². The normalized spacial score (nSPS) is 10.3. The van der Waals surface area contributed by atoms with E-state index in [1.807, 2.05) is 23.9 Å². The molecule has 0 aliphatic carbocycles. The lowest BCUT2D eigenvalue weighted by atomic mass is 10.3. The van der Waals surface area contributed by atoms with Crippen LogP contribution in [0.1, 0.15) is 0 Å². The maximum Gasteiger partial charge on any atom is 0.0552 e. The number of hydrogen-bond acceptors (Lipinski definition) is 3. The molecule has 1 aromatic rings. The minimum absolute atomic E-state index is 0.836. The molecule has 0 aliphatic heterocycles. The lowest BCUT2D eigenvalue weighted by Gasteiger charge is -2.05. The van der Waals surface area contributed by atoms with E-state index in [2.05, 4.69) is 33.4 Å². The topological polar surface area (TPSA) is 21.3 Å². The zero-order valence-corrected chi connectivity index (χ0v) is 11.2. The van der Waals surface area contributed by atoms with Crippen molar-refractivity contribution in [3.63, 3.8) is 0 Å². The van der Waals surface area contributed by atoms with Crippen molar-refractivity contribution in [1.82, 2.24) is 0 Å². The van der Waals surface area contributed by atoms with E-state index in [0.29, 0.717) is 0 Å². The number of anilines is 1. The van der Waals surface area contributed by atoms with Crippen molar-refractivity contribution in [2.75, 3.05) is 37.1 Å². The van der Waals surface area contributed by atoms with Gasteiger partial charge in [-0.15, -0.1) is 0 Å². The van der Waals surface area contributed by atoms with E-state index < -0.39 is 0 Å². The van der Waals surface area contributed by atoms with E-state index in [1.165, 1.54) is 5.69 Å². The van der Waals surface area contributed by atoms with Crippen LogP contribution in [0, 0.1) is 0 Å². The van der Waals surface area contributed by atoms with Gasteiger partial charge in [0, 0.05) is 35.3 Å². The van der Waals surface area contributed by atoms with Crippen LogP contribution in [0.2, 0.25) is 0 Å². The summed E-state index contributed by atoms with van der Waals surface area (Å²) in [7, 11) is 1.74. The molecule has 0 saturated carbocycles. The minimum atomic E-state index is 0.836. The fourth-order valence-corrected chi connectivity index (χ4v) is 2.08. The Balaban J connectivity index is 2.07. The van der Waals surface area contributed by atoms with Crippen molar-refractivity contribution in [1.29, 1.82) is 0 Å². The molecule has 0 aliphatic rings. The summed E-state index contributed by atoms with van der Waals surface area (Å²) in [6.07, 6.45) is 0. The first-order valence-electron chi connectivity index (χ1n) is 4.89. The second-order valence-electron chi connectivity index (χ2n) is 3.04. The Morgan fingerprint density at radius 1 is 1.27 bits per heavy atom. The van der Waals surface area contributed by atoms with Gasteiger partial charge < -0.3 is 10.1 Å². The fraction of sp³-hybridized carbons (Fsp3) is 0.455. The molecule has 0 aromatic heterocycles. The van der Waals surface area contributed by atoms with Crippen LogP contribution in [-0.2, 0) is 4.74 Å². The highest BCUT2D eigenvalue weighted by molar-refractivity contribution is 9.10. The molecule has 0 fully saturated rings. The van der Waals surface area contributed by atoms with Crippen molar-refractivity contribution in [3.8, 4) is 0 Å². The third-order valence-corrected chi connectivity index (χ3v) is 3.33. The summed E-state index contributed by atoms with van der Waals surface area (Å²) >= 11 is 5.31. The third-order valence-electron chi connectivity index (χ3n) is 1.85. The van der Waals surface area contributed by atoms with Crippen molar-refractivity contribution in [3.05, 3.63) is 28.7 Å². The van der Waals surface area contributed by atoms with Gasteiger partial charge in [0.2, 0.25) is 0 Å². The van der Waals surface area contributed by atoms with Crippen LogP contribution in [0.5, 0.6) is 0 Å². The Morgan fingerprint density at radius 2 is 2.00 bits per heavy atom. The van der Waals surface area contributed by atoms with Gasteiger partial charge in [0.15, 0.2) is 0 Å². The van der Waals surface area contributed by atoms with E-state index in [4.69, 9.17) is 4.74 Å². The molecule has 0 bridgehead atoms. The van der Waals surface area contributed by atoms with E-state index in [0.717, 1.165) is 29.1 Å². The van der Waals surface area contributed by atoms with Gasteiger partial charge in [-0.25, -0.2) is 0 Å². The summed E-state index contributed by atoms with van der Waals surface area (Å²) in [6.45, 7) is 1.83. The van der Waals surface area contributed by atoms with Crippen LogP contribution in [0.3, 0.4) is 0 Å². The molecule has 0 unspecified atom stereocenters. The first-order chi connectivity index (χ1) is 7.33. The zero-order valence-electron chi connectivity index (χ0n) is 8.83. The van der Waals surface area contributed by atoms with Crippen molar-refractivity contribution in [2.24, 2.45) is 0 Å². The second kappa shape index (κ2) is 8.02. The predicted molar refractivity (Wildman–Crippen MR) is 71.8 cm³/mol. The van der Waals surface area contributed by atoms with Crippen molar-refractivity contribution in [2.45, 2.75) is 0 Å². The Morgan fingerprint density at radius 3 is 2.67 bits per heavy atom. The molecule has 84 valence electrons. The lowest BCUT2D eigenvalue weighted by molar-refractivity contribution is 0.218. The number of ether oxygens (including phenoxy) is 1. The summed E-state index contributed by atoms with van der Waals surface area (Å²) in [5.74, 6) is 2.18. The lowest BCUT2D eigenvalue weighted by Crippen LogP contribution is -2.05. The highest BCUT2D eigenvalue weighted by Gasteiger charge is 1.92. The molecule has 2 nitrogen and oxygen atoms in total. The number of methoxy groups -OCH3 is 1. The standard InChI is InChI=1S/C11H16BrNOS/c1-14-7-9-15-8-6-13-11-4-2-10(12)3-5-11/h2-5,13H,6-9H2,1H3. The number of halogens is 1.